The average Bonchev–Trinajstić information content (AvgIpc) is 3.20. The number of carbonyl (C=O) groups is 5. The molecule has 1 unspecified atom stereocenters. The van der Waals surface area contributed by atoms with E-state index < -0.39 is 66.7 Å². The molecule has 12 heteroatoms. The van der Waals surface area contributed by atoms with Gasteiger partial charge in [-0.05, 0) is 23.8 Å². The topological polar surface area (TPSA) is 150 Å². The Morgan fingerprint density at radius 3 is 2.05 bits per heavy atom. The van der Waals surface area contributed by atoms with Gasteiger partial charge in [-0.1, -0.05) is 30.3 Å². The van der Waals surface area contributed by atoms with Crippen LogP contribution in [0.25, 0.3) is 0 Å². The lowest BCUT2D eigenvalue weighted by molar-refractivity contribution is -0.288. The van der Waals surface area contributed by atoms with Crippen molar-refractivity contribution in [2.24, 2.45) is 0 Å². The molecule has 218 valence electrons. The lowest BCUT2D eigenvalue weighted by Gasteiger charge is -2.43. The van der Waals surface area contributed by atoms with E-state index in [0.29, 0.717) is 17.5 Å². The fraction of sp³-hybridized carbons (Fsp3) is 0.414. The Bertz CT molecular complexity index is 1310. The van der Waals surface area contributed by atoms with Crippen LogP contribution in [-0.4, -0.2) is 67.2 Å². The normalized spacial score (nSPS) is 24.8. The maximum Gasteiger partial charge on any atom is 0.339 e. The quantitative estimate of drug-likeness (QED) is 0.322. The number of carbonyl (C=O) groups excluding carboxylic acids is 5. The van der Waals surface area contributed by atoms with E-state index >= 15 is 0 Å². The van der Waals surface area contributed by atoms with Gasteiger partial charge in [0.1, 0.15) is 24.6 Å². The summed E-state index contributed by atoms with van der Waals surface area (Å²) in [6.07, 6.45) is -6.76. The Labute approximate surface area is 235 Å². The highest BCUT2D eigenvalue weighted by molar-refractivity contribution is 5.94. The van der Waals surface area contributed by atoms with Gasteiger partial charge in [-0.2, -0.15) is 0 Å². The van der Waals surface area contributed by atoms with E-state index in [0.717, 1.165) is 26.3 Å². The minimum atomic E-state index is -1.40. The number of hydrogen-bond donors (Lipinski definition) is 0. The number of cyclic esters (lactones) is 1. The van der Waals surface area contributed by atoms with Gasteiger partial charge >= 0.3 is 29.8 Å². The number of rotatable bonds is 9. The van der Waals surface area contributed by atoms with Gasteiger partial charge in [-0.25, -0.2) is 4.79 Å². The van der Waals surface area contributed by atoms with E-state index in [-0.39, 0.29) is 12.4 Å². The molecule has 1 fully saturated rings. The van der Waals surface area contributed by atoms with Crippen molar-refractivity contribution in [1.29, 1.82) is 0 Å². The van der Waals surface area contributed by atoms with E-state index in [4.69, 9.17) is 33.2 Å². The number of fused-ring (bicyclic) bond motifs is 1. The van der Waals surface area contributed by atoms with Crippen LogP contribution < -0.4 is 4.74 Å². The van der Waals surface area contributed by atoms with Crippen molar-refractivity contribution in [2.45, 2.75) is 70.9 Å². The minimum absolute atomic E-state index is 0.223. The van der Waals surface area contributed by atoms with Gasteiger partial charge in [-0.3, -0.25) is 19.2 Å². The highest BCUT2D eigenvalue weighted by Gasteiger charge is 2.53. The molecule has 0 aliphatic carbocycles. The third-order valence-electron chi connectivity index (χ3n) is 6.30. The highest BCUT2D eigenvalue weighted by Crippen LogP contribution is 2.37. The van der Waals surface area contributed by atoms with Crippen LogP contribution in [0.4, 0.5) is 0 Å². The smallest absolute Gasteiger partial charge is 0.339 e. The van der Waals surface area contributed by atoms with Gasteiger partial charge in [0.2, 0.25) is 12.4 Å². The Morgan fingerprint density at radius 1 is 0.780 bits per heavy atom. The molecule has 0 saturated carbocycles. The van der Waals surface area contributed by atoms with Crippen LogP contribution in [0, 0.1) is 0 Å². The molecule has 2 aliphatic rings. The van der Waals surface area contributed by atoms with Crippen molar-refractivity contribution in [1.82, 2.24) is 0 Å². The molecule has 0 amide bonds. The molecule has 0 bridgehead atoms. The van der Waals surface area contributed by atoms with E-state index in [1.807, 2.05) is 30.3 Å². The predicted octanol–water partition coefficient (Wildman–Crippen LogP) is 2.60. The molecule has 2 aliphatic heterocycles. The van der Waals surface area contributed by atoms with Crippen molar-refractivity contribution >= 4 is 29.8 Å². The molecule has 0 spiro atoms. The van der Waals surface area contributed by atoms with Crippen LogP contribution in [0.5, 0.6) is 5.75 Å². The van der Waals surface area contributed by atoms with Crippen molar-refractivity contribution in [3.05, 3.63) is 65.2 Å². The number of hydrogen-bond acceptors (Lipinski definition) is 12. The third kappa shape index (κ3) is 7.40. The van der Waals surface area contributed by atoms with Crippen LogP contribution in [-0.2, 0) is 54.0 Å². The first-order chi connectivity index (χ1) is 19.5. The lowest BCUT2D eigenvalue weighted by Crippen LogP contribution is -2.63. The minimum Gasteiger partial charge on any atom is -0.463 e. The summed E-state index contributed by atoms with van der Waals surface area (Å²) in [5, 5.41) is 0. The summed E-state index contributed by atoms with van der Waals surface area (Å²) in [5.41, 5.74) is 1.92. The van der Waals surface area contributed by atoms with Gasteiger partial charge in [-0.15, -0.1) is 0 Å². The molecule has 41 heavy (non-hydrogen) atoms. The van der Waals surface area contributed by atoms with Gasteiger partial charge < -0.3 is 33.2 Å². The van der Waals surface area contributed by atoms with E-state index in [9.17, 15) is 24.0 Å². The van der Waals surface area contributed by atoms with E-state index in [2.05, 4.69) is 0 Å². The van der Waals surface area contributed by atoms with Gasteiger partial charge in [0.15, 0.2) is 12.2 Å². The second-order valence-electron chi connectivity index (χ2n) is 9.52. The summed E-state index contributed by atoms with van der Waals surface area (Å²) in [7, 11) is 0. The summed E-state index contributed by atoms with van der Waals surface area (Å²) in [4.78, 5) is 60.1. The van der Waals surface area contributed by atoms with E-state index in [1.54, 1.807) is 12.1 Å². The summed E-state index contributed by atoms with van der Waals surface area (Å²) in [6.45, 7) is 4.20. The zero-order valence-electron chi connectivity index (χ0n) is 22.9. The van der Waals surface area contributed by atoms with Gasteiger partial charge in [0, 0.05) is 39.7 Å². The molecule has 0 N–H and O–H groups in total. The monoisotopic (exact) mass is 570 g/mol. The Kier molecular flexibility index (Phi) is 9.23. The first kappa shape index (κ1) is 29.5. The fourth-order valence-corrected chi connectivity index (χ4v) is 4.72. The second kappa shape index (κ2) is 12.8. The zero-order chi connectivity index (χ0) is 29.7. The Hall–Kier alpha value is -4.45. The van der Waals surface area contributed by atoms with Crippen LogP contribution in [0.15, 0.2) is 48.5 Å². The molecular weight excluding hydrogens is 540 g/mol. The number of esters is 5. The largest absolute Gasteiger partial charge is 0.463 e. The van der Waals surface area contributed by atoms with Crippen LogP contribution in [0.1, 0.15) is 55.3 Å². The maximum absolute atomic E-state index is 12.5. The second-order valence-corrected chi connectivity index (χ2v) is 9.52. The highest BCUT2D eigenvalue weighted by atomic mass is 16.7. The van der Waals surface area contributed by atoms with Crippen LogP contribution >= 0.6 is 0 Å². The van der Waals surface area contributed by atoms with E-state index in [1.165, 1.54) is 13.0 Å². The van der Waals surface area contributed by atoms with Crippen molar-refractivity contribution in [3.63, 3.8) is 0 Å². The average molecular weight is 571 g/mol. The van der Waals surface area contributed by atoms with Crippen molar-refractivity contribution in [2.75, 3.05) is 6.61 Å². The predicted molar refractivity (Wildman–Crippen MR) is 137 cm³/mol. The molecular formula is C29H30O12. The maximum atomic E-state index is 12.5. The SMILES string of the molecule is CC(=O)OC[C@H]1O[C@H](Oc2ccc3c(c2)C(Cc2ccccc2)OC3=O)[C@@H](OC(C)=O)[C@@H](OC(C)=O)[C@@H]1OC(C)=O. The van der Waals surface area contributed by atoms with Crippen molar-refractivity contribution in [3.8, 4) is 5.75 Å². The molecule has 0 radical (unpaired) electrons. The van der Waals surface area contributed by atoms with Crippen LogP contribution in [0.2, 0.25) is 0 Å². The Balaban J connectivity index is 1.66. The molecule has 4 rings (SSSR count). The zero-order valence-corrected chi connectivity index (χ0v) is 22.9. The number of ether oxygens (including phenoxy) is 7. The van der Waals surface area contributed by atoms with Gasteiger partial charge in [0.05, 0.1) is 5.56 Å². The number of benzene rings is 2. The molecule has 0 aromatic heterocycles. The molecule has 2 aromatic rings. The fourth-order valence-electron chi connectivity index (χ4n) is 4.72. The summed E-state index contributed by atoms with van der Waals surface area (Å²) in [6, 6.07) is 14.2. The first-order valence-electron chi connectivity index (χ1n) is 12.9. The Morgan fingerprint density at radius 2 is 1.41 bits per heavy atom. The molecule has 2 heterocycles. The van der Waals surface area contributed by atoms with Gasteiger partial charge in [0.25, 0.3) is 0 Å². The van der Waals surface area contributed by atoms with Crippen LogP contribution in [0.3, 0.4) is 0 Å². The summed E-state index contributed by atoms with van der Waals surface area (Å²) < 4.78 is 39.0. The molecule has 6 atom stereocenters. The van der Waals surface area contributed by atoms with Crippen molar-refractivity contribution < 1.29 is 57.1 Å². The lowest BCUT2D eigenvalue weighted by atomic mass is 9.97. The first-order valence-corrected chi connectivity index (χ1v) is 12.9. The molecule has 1 saturated heterocycles. The summed E-state index contributed by atoms with van der Waals surface area (Å²) in [5.74, 6) is -3.13. The molecule has 12 nitrogen and oxygen atoms in total. The standard InChI is InChI=1S/C29H30O12/c1-15(30)35-14-24-25(36-16(2)31)26(37-17(3)32)27(38-18(4)33)29(41-24)39-20-10-11-21-22(13-20)23(40-28(21)34)12-19-8-6-5-7-9-19/h5-11,13,23-27,29H,12,14H2,1-4H3/t23?,24-,25-,26+,27+,29+/m1/s1. The summed E-state index contributed by atoms with van der Waals surface area (Å²) >= 11 is 0. The molecule has 2 aromatic carbocycles. The third-order valence-corrected chi connectivity index (χ3v) is 6.30.